The highest BCUT2D eigenvalue weighted by Gasteiger charge is 2.08. The van der Waals surface area contributed by atoms with Gasteiger partial charge in [-0.1, -0.05) is 0 Å². The van der Waals surface area contributed by atoms with Gasteiger partial charge < -0.3 is 5.73 Å². The van der Waals surface area contributed by atoms with Crippen LogP contribution in [0.2, 0.25) is 0 Å². The molecule has 0 atom stereocenters. The number of ketones is 1. The van der Waals surface area contributed by atoms with Crippen molar-refractivity contribution in [2.75, 3.05) is 5.73 Å². The van der Waals surface area contributed by atoms with Crippen LogP contribution in [-0.2, 0) is 11.2 Å². The van der Waals surface area contributed by atoms with E-state index in [1.165, 1.54) is 6.92 Å². The van der Waals surface area contributed by atoms with E-state index in [1.54, 1.807) is 0 Å². The maximum absolute atomic E-state index is 12.9. The van der Waals surface area contributed by atoms with Gasteiger partial charge in [0.15, 0.2) is 0 Å². The predicted molar refractivity (Wildman–Crippen MR) is 45.2 cm³/mol. The van der Waals surface area contributed by atoms with E-state index in [0.717, 1.165) is 6.07 Å². The fourth-order valence-electron chi connectivity index (χ4n) is 1.02. The van der Waals surface area contributed by atoms with Crippen LogP contribution < -0.4 is 5.73 Å². The molecule has 0 amide bonds. The molecule has 0 spiro atoms. The van der Waals surface area contributed by atoms with Crippen molar-refractivity contribution in [3.8, 4) is 0 Å². The lowest BCUT2D eigenvalue weighted by atomic mass is 10.1. The predicted octanol–water partition coefficient (Wildman–Crippen LogP) is 1.68. The van der Waals surface area contributed by atoms with Crippen molar-refractivity contribution in [3.05, 3.63) is 29.3 Å². The zero-order chi connectivity index (χ0) is 10.0. The minimum atomic E-state index is -0.801. The molecule has 70 valence electrons. The Kier molecular flexibility index (Phi) is 2.60. The minimum absolute atomic E-state index is 0.0592. The molecule has 0 fully saturated rings. The minimum Gasteiger partial charge on any atom is -0.396 e. The van der Waals surface area contributed by atoms with E-state index in [4.69, 9.17) is 5.73 Å². The maximum atomic E-state index is 12.9. The van der Waals surface area contributed by atoms with Crippen LogP contribution in [0.4, 0.5) is 14.5 Å². The van der Waals surface area contributed by atoms with Gasteiger partial charge in [-0.3, -0.25) is 4.79 Å². The quantitative estimate of drug-likeness (QED) is 0.712. The molecule has 0 radical (unpaired) electrons. The van der Waals surface area contributed by atoms with E-state index >= 15 is 0 Å². The molecule has 1 aromatic carbocycles. The number of Topliss-reactive ketones (excluding diaryl/α,β-unsaturated/α-hetero) is 1. The summed E-state index contributed by atoms with van der Waals surface area (Å²) in [7, 11) is 0. The molecule has 1 rings (SSSR count). The summed E-state index contributed by atoms with van der Waals surface area (Å²) in [5.74, 6) is -1.73. The SMILES string of the molecule is CC(=O)Cc1cc(N)c(F)cc1F. The lowest BCUT2D eigenvalue weighted by molar-refractivity contribution is -0.116. The van der Waals surface area contributed by atoms with E-state index in [1.807, 2.05) is 0 Å². The molecule has 0 aliphatic carbocycles. The number of nitrogens with two attached hydrogens (primary N) is 1. The molecule has 0 aromatic heterocycles. The maximum Gasteiger partial charge on any atom is 0.149 e. The molecule has 4 heteroatoms. The van der Waals surface area contributed by atoms with Crippen LogP contribution in [0.3, 0.4) is 0 Å². The molecule has 0 aliphatic heterocycles. The van der Waals surface area contributed by atoms with Gasteiger partial charge in [0.05, 0.1) is 5.69 Å². The molecule has 2 nitrogen and oxygen atoms in total. The van der Waals surface area contributed by atoms with Gasteiger partial charge in [0.25, 0.3) is 0 Å². The summed E-state index contributed by atoms with van der Waals surface area (Å²) in [5.41, 5.74) is 5.20. The standard InChI is InChI=1S/C9H9F2NO/c1-5(13)2-6-3-9(12)8(11)4-7(6)10/h3-4H,2,12H2,1H3. The van der Waals surface area contributed by atoms with Crippen LogP contribution in [0.25, 0.3) is 0 Å². The molecule has 0 saturated carbocycles. The summed E-state index contributed by atoms with van der Waals surface area (Å²) < 4.78 is 25.6. The Morgan fingerprint density at radius 1 is 1.38 bits per heavy atom. The Morgan fingerprint density at radius 2 is 2.00 bits per heavy atom. The summed E-state index contributed by atoms with van der Waals surface area (Å²) in [6.45, 7) is 1.33. The van der Waals surface area contributed by atoms with E-state index in [9.17, 15) is 13.6 Å². The van der Waals surface area contributed by atoms with Crippen LogP contribution in [0.1, 0.15) is 12.5 Å². The van der Waals surface area contributed by atoms with E-state index in [0.29, 0.717) is 6.07 Å². The van der Waals surface area contributed by atoms with Gasteiger partial charge in [0.2, 0.25) is 0 Å². The lowest BCUT2D eigenvalue weighted by Gasteiger charge is -2.02. The first-order chi connectivity index (χ1) is 6.00. The monoisotopic (exact) mass is 185 g/mol. The van der Waals surface area contributed by atoms with Gasteiger partial charge in [-0.25, -0.2) is 8.78 Å². The average Bonchev–Trinajstić information content (AvgIpc) is 1.99. The first kappa shape index (κ1) is 9.64. The highest BCUT2D eigenvalue weighted by molar-refractivity contribution is 5.78. The lowest BCUT2D eigenvalue weighted by Crippen LogP contribution is -2.02. The molecule has 0 unspecified atom stereocenters. The van der Waals surface area contributed by atoms with Crippen molar-refractivity contribution in [2.45, 2.75) is 13.3 Å². The largest absolute Gasteiger partial charge is 0.396 e. The number of hydrogen-bond acceptors (Lipinski definition) is 2. The fourth-order valence-corrected chi connectivity index (χ4v) is 1.02. The van der Waals surface area contributed by atoms with Crippen molar-refractivity contribution in [1.82, 2.24) is 0 Å². The smallest absolute Gasteiger partial charge is 0.149 e. The van der Waals surface area contributed by atoms with Crippen molar-refractivity contribution in [2.24, 2.45) is 0 Å². The number of hydrogen-bond donors (Lipinski definition) is 1. The van der Waals surface area contributed by atoms with Gasteiger partial charge in [-0.05, 0) is 18.6 Å². The molecular weight excluding hydrogens is 176 g/mol. The molecule has 1 aromatic rings. The molecular formula is C9H9F2NO. The highest BCUT2D eigenvalue weighted by atomic mass is 19.1. The molecule has 0 heterocycles. The van der Waals surface area contributed by atoms with Gasteiger partial charge >= 0.3 is 0 Å². The Balaban J connectivity index is 3.08. The average molecular weight is 185 g/mol. The number of anilines is 1. The third-order valence-corrected chi connectivity index (χ3v) is 1.61. The summed E-state index contributed by atoms with van der Waals surface area (Å²) in [5, 5.41) is 0. The molecule has 2 N–H and O–H groups in total. The third kappa shape index (κ3) is 2.24. The zero-order valence-corrected chi connectivity index (χ0v) is 7.10. The van der Waals surface area contributed by atoms with Gasteiger partial charge in [-0.15, -0.1) is 0 Å². The van der Waals surface area contributed by atoms with Crippen molar-refractivity contribution >= 4 is 11.5 Å². The number of rotatable bonds is 2. The summed E-state index contributed by atoms with van der Waals surface area (Å²) in [4.78, 5) is 10.7. The number of nitrogen functional groups attached to an aromatic ring is 1. The van der Waals surface area contributed by atoms with E-state index in [-0.39, 0.29) is 23.5 Å². The van der Waals surface area contributed by atoms with E-state index in [2.05, 4.69) is 0 Å². The molecule has 13 heavy (non-hydrogen) atoms. The number of benzene rings is 1. The molecule has 0 saturated heterocycles. The number of halogens is 2. The van der Waals surface area contributed by atoms with Gasteiger partial charge in [0, 0.05) is 12.5 Å². The highest BCUT2D eigenvalue weighted by Crippen LogP contribution is 2.17. The Morgan fingerprint density at radius 3 is 2.54 bits per heavy atom. The topological polar surface area (TPSA) is 43.1 Å². The Labute approximate surface area is 74.4 Å². The van der Waals surface area contributed by atoms with E-state index < -0.39 is 11.6 Å². The molecule has 0 aliphatic rings. The Bertz CT molecular complexity index is 350. The zero-order valence-electron chi connectivity index (χ0n) is 7.10. The van der Waals surface area contributed by atoms with Crippen LogP contribution in [0.15, 0.2) is 12.1 Å². The van der Waals surface area contributed by atoms with Crippen molar-refractivity contribution < 1.29 is 13.6 Å². The summed E-state index contributed by atoms with van der Waals surface area (Å²) in [6.07, 6.45) is -0.0592. The van der Waals surface area contributed by atoms with Crippen molar-refractivity contribution in [3.63, 3.8) is 0 Å². The Hall–Kier alpha value is -1.45. The second kappa shape index (κ2) is 3.51. The second-order valence-corrected chi connectivity index (χ2v) is 2.84. The molecule has 0 bridgehead atoms. The van der Waals surface area contributed by atoms with Crippen LogP contribution in [0.5, 0.6) is 0 Å². The number of carbonyl (C=O) groups is 1. The second-order valence-electron chi connectivity index (χ2n) is 2.84. The van der Waals surface area contributed by atoms with Crippen molar-refractivity contribution in [1.29, 1.82) is 0 Å². The van der Waals surface area contributed by atoms with Crippen LogP contribution in [-0.4, -0.2) is 5.78 Å². The van der Waals surface area contributed by atoms with Crippen LogP contribution in [0, 0.1) is 11.6 Å². The first-order valence-electron chi connectivity index (χ1n) is 3.73. The normalized spacial score (nSPS) is 10.1. The third-order valence-electron chi connectivity index (χ3n) is 1.61. The number of carbonyl (C=O) groups excluding carboxylic acids is 1. The first-order valence-corrected chi connectivity index (χ1v) is 3.73. The summed E-state index contributed by atoms with van der Waals surface area (Å²) >= 11 is 0. The fraction of sp³-hybridized carbons (Fsp3) is 0.222. The summed E-state index contributed by atoms with van der Waals surface area (Å²) in [6, 6.07) is 1.83. The van der Waals surface area contributed by atoms with Gasteiger partial charge in [-0.2, -0.15) is 0 Å². The van der Waals surface area contributed by atoms with Gasteiger partial charge in [0.1, 0.15) is 17.4 Å². The van der Waals surface area contributed by atoms with Crippen LogP contribution >= 0.6 is 0 Å².